The molecule has 0 saturated carbocycles. The molecule has 0 fully saturated rings. The molecule has 3 nitrogen and oxygen atoms in total. The van der Waals surface area contributed by atoms with Crippen molar-refractivity contribution in [2.45, 2.75) is 20.3 Å². The highest BCUT2D eigenvalue weighted by molar-refractivity contribution is 6.30. The SMILES string of the molecule is CC(C)Cc1ccc(C2=NC(=O)C(C#N)C(c3ccc(Cl)cc3)=C2)cc1. The second-order valence-electron chi connectivity index (χ2n) is 6.80. The molecule has 0 radical (unpaired) electrons. The third kappa shape index (κ3) is 3.92. The van der Waals surface area contributed by atoms with Crippen LogP contribution in [0.5, 0.6) is 0 Å². The minimum Gasteiger partial charge on any atom is -0.271 e. The average Bonchev–Trinajstić information content (AvgIpc) is 2.62. The quantitative estimate of drug-likeness (QED) is 0.760. The van der Waals surface area contributed by atoms with Gasteiger partial charge in [0.05, 0.1) is 11.8 Å². The molecule has 26 heavy (non-hydrogen) atoms. The molecular formula is C22H19ClN2O. The molecule has 1 aliphatic heterocycles. The Morgan fingerprint density at radius 1 is 1.08 bits per heavy atom. The van der Waals surface area contributed by atoms with Crippen LogP contribution in [0.25, 0.3) is 5.57 Å². The van der Waals surface area contributed by atoms with Gasteiger partial charge in [0.15, 0.2) is 5.92 Å². The fraction of sp³-hybridized carbons (Fsp3) is 0.227. The van der Waals surface area contributed by atoms with Gasteiger partial charge in [-0.2, -0.15) is 5.26 Å². The monoisotopic (exact) mass is 362 g/mol. The van der Waals surface area contributed by atoms with E-state index in [2.05, 4.69) is 37.0 Å². The topological polar surface area (TPSA) is 53.2 Å². The Bertz CT molecular complexity index is 916. The van der Waals surface area contributed by atoms with Gasteiger partial charge in [-0.15, -0.1) is 0 Å². The zero-order valence-corrected chi connectivity index (χ0v) is 15.5. The maximum atomic E-state index is 12.4. The number of allylic oxidation sites excluding steroid dienone is 1. The molecular weight excluding hydrogens is 344 g/mol. The number of carbonyl (C=O) groups excluding carboxylic acids is 1. The Morgan fingerprint density at radius 2 is 1.69 bits per heavy atom. The lowest BCUT2D eigenvalue weighted by Gasteiger charge is -2.17. The van der Waals surface area contributed by atoms with E-state index in [0.29, 0.717) is 22.2 Å². The first-order valence-corrected chi connectivity index (χ1v) is 8.94. The van der Waals surface area contributed by atoms with Crippen LogP contribution in [0.1, 0.15) is 30.5 Å². The van der Waals surface area contributed by atoms with Crippen LogP contribution < -0.4 is 0 Å². The smallest absolute Gasteiger partial charge is 0.268 e. The Morgan fingerprint density at radius 3 is 2.27 bits per heavy atom. The number of carbonyl (C=O) groups is 1. The molecule has 1 aliphatic rings. The van der Waals surface area contributed by atoms with Gasteiger partial charge in [-0.25, -0.2) is 4.99 Å². The molecule has 1 atom stereocenters. The summed E-state index contributed by atoms with van der Waals surface area (Å²) in [5.74, 6) is -0.733. The van der Waals surface area contributed by atoms with Crippen LogP contribution in [0.3, 0.4) is 0 Å². The molecule has 130 valence electrons. The maximum Gasteiger partial charge on any atom is 0.268 e. The molecule has 0 aromatic heterocycles. The summed E-state index contributed by atoms with van der Waals surface area (Å²) < 4.78 is 0. The molecule has 1 amide bonds. The average molecular weight is 363 g/mol. The van der Waals surface area contributed by atoms with Crippen LogP contribution in [0.2, 0.25) is 5.02 Å². The summed E-state index contributed by atoms with van der Waals surface area (Å²) in [4.78, 5) is 16.5. The Labute approximate surface area is 158 Å². The van der Waals surface area contributed by atoms with Crippen molar-refractivity contribution in [3.05, 3.63) is 76.3 Å². The highest BCUT2D eigenvalue weighted by Crippen LogP contribution is 2.29. The Balaban J connectivity index is 1.98. The fourth-order valence-corrected chi connectivity index (χ4v) is 3.15. The summed E-state index contributed by atoms with van der Waals surface area (Å²) in [7, 11) is 0. The number of amides is 1. The van der Waals surface area contributed by atoms with Gasteiger partial charge >= 0.3 is 0 Å². The summed E-state index contributed by atoms with van der Waals surface area (Å²) in [6, 6.07) is 17.3. The van der Waals surface area contributed by atoms with Gasteiger partial charge in [0.2, 0.25) is 0 Å². The van der Waals surface area contributed by atoms with Gasteiger partial charge in [0.25, 0.3) is 5.91 Å². The van der Waals surface area contributed by atoms with Crippen LogP contribution in [-0.4, -0.2) is 11.6 Å². The highest BCUT2D eigenvalue weighted by atomic mass is 35.5. The van der Waals surface area contributed by atoms with Crippen molar-refractivity contribution in [1.29, 1.82) is 5.26 Å². The van der Waals surface area contributed by atoms with E-state index in [1.807, 2.05) is 30.3 Å². The number of hydrogen-bond acceptors (Lipinski definition) is 2. The van der Waals surface area contributed by atoms with E-state index in [-0.39, 0.29) is 0 Å². The van der Waals surface area contributed by atoms with E-state index in [9.17, 15) is 10.1 Å². The third-order valence-electron chi connectivity index (χ3n) is 4.28. The predicted octanol–water partition coefficient (Wildman–Crippen LogP) is 5.09. The lowest BCUT2D eigenvalue weighted by Crippen LogP contribution is -2.20. The number of benzene rings is 2. The first kappa shape index (κ1) is 18.1. The van der Waals surface area contributed by atoms with Crippen molar-refractivity contribution >= 4 is 28.8 Å². The van der Waals surface area contributed by atoms with Crippen LogP contribution in [0.4, 0.5) is 0 Å². The number of hydrogen-bond donors (Lipinski definition) is 0. The number of dihydropyridines is 1. The van der Waals surface area contributed by atoms with Gasteiger partial charge in [0.1, 0.15) is 0 Å². The molecule has 2 aromatic rings. The zero-order chi connectivity index (χ0) is 18.7. The standard InChI is InChI=1S/C22H19ClN2O/c1-14(2)11-15-3-5-17(6-4-15)21-12-19(20(13-24)22(26)25-21)16-7-9-18(23)10-8-16/h3-10,12,14,20H,11H2,1-2H3. The van der Waals surface area contributed by atoms with Gasteiger partial charge in [0, 0.05) is 10.6 Å². The van der Waals surface area contributed by atoms with E-state index in [1.165, 1.54) is 5.56 Å². The van der Waals surface area contributed by atoms with Crippen molar-refractivity contribution < 1.29 is 4.79 Å². The molecule has 3 rings (SSSR count). The molecule has 1 unspecified atom stereocenters. The summed E-state index contributed by atoms with van der Waals surface area (Å²) in [5, 5.41) is 10.0. The molecule has 1 heterocycles. The lowest BCUT2D eigenvalue weighted by molar-refractivity contribution is -0.118. The third-order valence-corrected chi connectivity index (χ3v) is 4.53. The minimum atomic E-state index is -0.889. The first-order chi connectivity index (χ1) is 12.5. The number of nitrogens with zero attached hydrogens (tertiary/aromatic N) is 2. The molecule has 0 bridgehead atoms. The van der Waals surface area contributed by atoms with Crippen LogP contribution in [0.15, 0.2) is 59.6 Å². The zero-order valence-electron chi connectivity index (χ0n) is 14.7. The largest absolute Gasteiger partial charge is 0.271 e. The van der Waals surface area contributed by atoms with E-state index >= 15 is 0 Å². The van der Waals surface area contributed by atoms with E-state index in [0.717, 1.165) is 17.5 Å². The first-order valence-electron chi connectivity index (χ1n) is 8.57. The normalized spacial score (nSPS) is 16.9. The van der Waals surface area contributed by atoms with Crippen molar-refractivity contribution in [3.63, 3.8) is 0 Å². The fourth-order valence-electron chi connectivity index (χ4n) is 3.03. The Kier molecular flexibility index (Phi) is 5.35. The van der Waals surface area contributed by atoms with Crippen molar-refractivity contribution in [2.24, 2.45) is 16.8 Å². The number of nitriles is 1. The lowest BCUT2D eigenvalue weighted by atomic mass is 9.88. The molecule has 4 heteroatoms. The van der Waals surface area contributed by atoms with E-state index in [4.69, 9.17) is 11.6 Å². The second-order valence-corrected chi connectivity index (χ2v) is 7.24. The van der Waals surface area contributed by atoms with Crippen molar-refractivity contribution in [3.8, 4) is 6.07 Å². The van der Waals surface area contributed by atoms with Gasteiger partial charge in [-0.3, -0.25) is 4.79 Å². The van der Waals surface area contributed by atoms with Crippen molar-refractivity contribution in [2.75, 3.05) is 0 Å². The molecule has 0 saturated heterocycles. The molecule has 0 N–H and O–H groups in total. The molecule has 2 aromatic carbocycles. The molecule has 0 aliphatic carbocycles. The summed E-state index contributed by atoms with van der Waals surface area (Å²) in [5.41, 5.74) is 4.17. The van der Waals surface area contributed by atoms with Crippen molar-refractivity contribution in [1.82, 2.24) is 0 Å². The van der Waals surface area contributed by atoms with Gasteiger partial charge in [-0.1, -0.05) is 61.8 Å². The second kappa shape index (κ2) is 7.68. The highest BCUT2D eigenvalue weighted by Gasteiger charge is 2.28. The summed E-state index contributed by atoms with van der Waals surface area (Å²) in [6.45, 7) is 4.36. The molecule has 0 spiro atoms. The van der Waals surface area contributed by atoms with Crippen LogP contribution in [0, 0.1) is 23.2 Å². The number of rotatable bonds is 4. The Hall–Kier alpha value is -2.70. The minimum absolute atomic E-state index is 0.429. The number of halogens is 1. The van der Waals surface area contributed by atoms with Crippen LogP contribution in [-0.2, 0) is 11.2 Å². The van der Waals surface area contributed by atoms with E-state index in [1.54, 1.807) is 12.1 Å². The summed E-state index contributed by atoms with van der Waals surface area (Å²) >= 11 is 5.95. The predicted molar refractivity (Wildman–Crippen MR) is 105 cm³/mol. The number of aliphatic imine (C=N–C) groups is 1. The summed E-state index contributed by atoms with van der Waals surface area (Å²) in [6.07, 6.45) is 2.84. The van der Waals surface area contributed by atoms with E-state index < -0.39 is 11.8 Å². The van der Waals surface area contributed by atoms with Crippen LogP contribution >= 0.6 is 11.6 Å². The van der Waals surface area contributed by atoms with Gasteiger partial charge < -0.3 is 0 Å². The van der Waals surface area contributed by atoms with Gasteiger partial charge in [-0.05, 0) is 47.2 Å². The maximum absolute atomic E-state index is 12.4.